The van der Waals surface area contributed by atoms with Gasteiger partial charge in [-0.05, 0) is 62.6 Å². The molecule has 0 saturated carbocycles. The second kappa shape index (κ2) is 8.19. The maximum Gasteiger partial charge on any atom is 0.410 e. The lowest BCUT2D eigenvalue weighted by molar-refractivity contribution is 0.0225. The van der Waals surface area contributed by atoms with E-state index in [2.05, 4.69) is 0 Å². The number of rotatable bonds is 2. The highest BCUT2D eigenvalue weighted by molar-refractivity contribution is 6.31. The molecule has 3 rings (SSSR count). The van der Waals surface area contributed by atoms with Crippen LogP contribution in [0, 0.1) is 6.92 Å². The van der Waals surface area contributed by atoms with Crippen LogP contribution in [0.2, 0.25) is 5.02 Å². The second-order valence-electron chi connectivity index (χ2n) is 8.03. The first-order valence-corrected chi connectivity index (χ1v) is 9.76. The van der Waals surface area contributed by atoms with Crippen LogP contribution in [0.4, 0.5) is 13.6 Å². The zero-order valence-electron chi connectivity index (χ0n) is 16.9. The van der Waals surface area contributed by atoms with Crippen molar-refractivity contribution >= 4 is 17.7 Å². The molecule has 0 atom stereocenters. The molecule has 1 heterocycles. The molecule has 1 amide bonds. The fourth-order valence-electron chi connectivity index (χ4n) is 3.33. The average molecular weight is 424 g/mol. The maximum absolute atomic E-state index is 13.7. The van der Waals surface area contributed by atoms with Gasteiger partial charge in [0.2, 0.25) is 0 Å². The Morgan fingerprint density at radius 1 is 1.24 bits per heavy atom. The van der Waals surface area contributed by atoms with Crippen LogP contribution in [0.25, 0.3) is 11.1 Å². The molecule has 0 N–H and O–H groups in total. The number of hydrogen-bond acceptors (Lipinski definition) is 3. The van der Waals surface area contributed by atoms with E-state index in [9.17, 15) is 13.6 Å². The van der Waals surface area contributed by atoms with E-state index in [0.29, 0.717) is 35.6 Å². The van der Waals surface area contributed by atoms with Gasteiger partial charge in [0.05, 0.1) is 18.1 Å². The van der Waals surface area contributed by atoms with Gasteiger partial charge in [0, 0.05) is 11.1 Å². The van der Waals surface area contributed by atoms with Gasteiger partial charge in [0.1, 0.15) is 18.0 Å². The largest absolute Gasteiger partial charge is 0.491 e. The molecule has 29 heavy (non-hydrogen) atoms. The molecule has 4 nitrogen and oxygen atoms in total. The third kappa shape index (κ3) is 4.81. The van der Waals surface area contributed by atoms with Gasteiger partial charge in [0.15, 0.2) is 0 Å². The number of benzene rings is 2. The molecule has 156 valence electrons. The fraction of sp³-hybridized carbons (Fsp3) is 0.409. The first kappa shape index (κ1) is 21.4. The van der Waals surface area contributed by atoms with Gasteiger partial charge in [-0.15, -0.1) is 0 Å². The summed E-state index contributed by atoms with van der Waals surface area (Å²) in [6.45, 7) is 8.15. The number of hydrogen-bond donors (Lipinski definition) is 0. The Bertz CT molecular complexity index is 925. The Hall–Kier alpha value is -2.34. The van der Waals surface area contributed by atoms with Crippen molar-refractivity contribution < 1.29 is 23.0 Å². The lowest BCUT2D eigenvalue weighted by atomic mass is 9.93. The van der Waals surface area contributed by atoms with Gasteiger partial charge in [-0.1, -0.05) is 23.7 Å². The highest BCUT2D eigenvalue weighted by Gasteiger charge is 2.26. The van der Waals surface area contributed by atoms with E-state index < -0.39 is 18.1 Å². The van der Waals surface area contributed by atoms with Crippen LogP contribution in [-0.2, 0) is 11.3 Å². The van der Waals surface area contributed by atoms with Crippen LogP contribution in [-0.4, -0.2) is 29.7 Å². The van der Waals surface area contributed by atoms with Crippen LogP contribution in [0.3, 0.4) is 0 Å². The first-order chi connectivity index (χ1) is 13.6. The van der Waals surface area contributed by atoms with Crippen LogP contribution in [0.5, 0.6) is 5.75 Å². The number of amides is 1. The van der Waals surface area contributed by atoms with Gasteiger partial charge in [-0.25, -0.2) is 13.6 Å². The van der Waals surface area contributed by atoms with Gasteiger partial charge in [-0.3, -0.25) is 0 Å². The highest BCUT2D eigenvalue weighted by atomic mass is 35.5. The topological polar surface area (TPSA) is 38.8 Å². The van der Waals surface area contributed by atoms with Gasteiger partial charge in [-0.2, -0.15) is 0 Å². The smallest absolute Gasteiger partial charge is 0.410 e. The molecule has 1 aliphatic rings. The molecule has 0 unspecified atom stereocenters. The number of fused-ring (bicyclic) bond motifs is 1. The molecule has 0 fully saturated rings. The van der Waals surface area contributed by atoms with Crippen molar-refractivity contribution in [2.24, 2.45) is 0 Å². The molecule has 0 bridgehead atoms. The molecular formula is C22H24ClF2NO3. The average Bonchev–Trinajstić information content (AvgIpc) is 2.83. The van der Waals surface area contributed by atoms with E-state index in [1.807, 2.05) is 0 Å². The summed E-state index contributed by atoms with van der Waals surface area (Å²) < 4.78 is 38.6. The van der Waals surface area contributed by atoms with Crippen LogP contribution in [0.1, 0.15) is 43.9 Å². The molecule has 0 saturated heterocycles. The summed E-state index contributed by atoms with van der Waals surface area (Å²) in [6, 6.07) is 8.48. The molecule has 1 aliphatic heterocycles. The number of aryl methyl sites for hydroxylation is 1. The molecule has 0 radical (unpaired) electrons. The predicted molar refractivity (Wildman–Crippen MR) is 109 cm³/mol. The molecule has 2 aromatic rings. The summed E-state index contributed by atoms with van der Waals surface area (Å²) in [5, 5.41) is 0.0298. The van der Waals surface area contributed by atoms with Gasteiger partial charge < -0.3 is 14.4 Å². The van der Waals surface area contributed by atoms with Crippen molar-refractivity contribution in [2.45, 2.75) is 46.3 Å². The lowest BCUT2D eigenvalue weighted by Crippen LogP contribution is -2.37. The van der Waals surface area contributed by atoms with E-state index >= 15 is 0 Å². The third-order valence-corrected chi connectivity index (χ3v) is 4.93. The minimum atomic E-state index is -2.70. The number of halogens is 3. The summed E-state index contributed by atoms with van der Waals surface area (Å²) in [7, 11) is 0. The van der Waals surface area contributed by atoms with Crippen molar-refractivity contribution in [1.29, 1.82) is 0 Å². The number of carbonyl (C=O) groups is 1. The van der Waals surface area contributed by atoms with E-state index in [4.69, 9.17) is 21.1 Å². The summed E-state index contributed by atoms with van der Waals surface area (Å²) in [6.07, 6.45) is -3.14. The van der Waals surface area contributed by atoms with Crippen LogP contribution in [0.15, 0.2) is 30.3 Å². The monoisotopic (exact) mass is 423 g/mol. The van der Waals surface area contributed by atoms with Crippen molar-refractivity contribution in [3.05, 3.63) is 52.0 Å². The Labute approximate surface area is 174 Å². The van der Waals surface area contributed by atoms with Gasteiger partial charge >= 0.3 is 6.09 Å². The second-order valence-corrected chi connectivity index (χ2v) is 8.43. The first-order valence-electron chi connectivity index (χ1n) is 9.38. The van der Waals surface area contributed by atoms with E-state index in [-0.39, 0.29) is 17.1 Å². The number of nitrogens with zero attached hydrogens (tertiary/aromatic N) is 1. The van der Waals surface area contributed by atoms with Crippen LogP contribution >= 0.6 is 11.6 Å². The minimum absolute atomic E-state index is 0.0298. The zero-order valence-corrected chi connectivity index (χ0v) is 17.6. The summed E-state index contributed by atoms with van der Waals surface area (Å²) in [5.41, 5.74) is 1.63. The standard InChI is InChI=1S/C22H24ClF2NO3/c1-13-5-7-16(23)19(20(24)25)18(13)14-6-8-17-15(11-14)12-26(9-10-28-17)21(27)29-22(2,3)4/h5-8,11,20H,9-10,12H2,1-4H3. The maximum atomic E-state index is 13.7. The van der Waals surface area contributed by atoms with Crippen molar-refractivity contribution in [2.75, 3.05) is 13.2 Å². The lowest BCUT2D eigenvalue weighted by Gasteiger charge is -2.26. The Morgan fingerprint density at radius 2 is 1.97 bits per heavy atom. The summed E-state index contributed by atoms with van der Waals surface area (Å²) >= 11 is 6.07. The number of ether oxygens (including phenoxy) is 2. The molecule has 7 heteroatoms. The molecule has 0 spiro atoms. The molecule has 0 aliphatic carbocycles. The minimum Gasteiger partial charge on any atom is -0.491 e. The van der Waals surface area contributed by atoms with Crippen molar-refractivity contribution in [3.63, 3.8) is 0 Å². The summed E-state index contributed by atoms with van der Waals surface area (Å²) in [4.78, 5) is 14.1. The Balaban J connectivity index is 2.00. The Kier molecular flexibility index (Phi) is 6.03. The van der Waals surface area contributed by atoms with Crippen molar-refractivity contribution in [1.82, 2.24) is 4.90 Å². The molecule has 0 aromatic heterocycles. The summed E-state index contributed by atoms with van der Waals surface area (Å²) in [5.74, 6) is 0.623. The van der Waals surface area contributed by atoms with Gasteiger partial charge in [0.25, 0.3) is 6.43 Å². The highest BCUT2D eigenvalue weighted by Crippen LogP contribution is 2.40. The van der Waals surface area contributed by atoms with E-state index in [0.717, 1.165) is 5.56 Å². The SMILES string of the molecule is Cc1ccc(Cl)c(C(F)F)c1-c1ccc2c(c1)CN(C(=O)OC(C)(C)C)CCO2. The fourth-order valence-corrected chi connectivity index (χ4v) is 3.57. The Morgan fingerprint density at radius 3 is 2.62 bits per heavy atom. The molecular weight excluding hydrogens is 400 g/mol. The normalized spacial score (nSPS) is 14.3. The predicted octanol–water partition coefficient (Wildman–Crippen LogP) is 6.38. The quantitative estimate of drug-likeness (QED) is 0.562. The zero-order chi connectivity index (χ0) is 21.3. The molecule has 2 aromatic carbocycles. The number of alkyl halides is 2. The van der Waals surface area contributed by atoms with Crippen molar-refractivity contribution in [3.8, 4) is 16.9 Å². The van der Waals surface area contributed by atoms with E-state index in [1.54, 1.807) is 56.9 Å². The van der Waals surface area contributed by atoms with E-state index in [1.165, 1.54) is 6.07 Å². The number of carbonyl (C=O) groups excluding carboxylic acids is 1. The van der Waals surface area contributed by atoms with Crippen LogP contribution < -0.4 is 4.74 Å². The third-order valence-electron chi connectivity index (χ3n) is 4.60.